The second-order valence-corrected chi connectivity index (χ2v) is 3.53. The summed E-state index contributed by atoms with van der Waals surface area (Å²) in [5.41, 5.74) is 0.726. The van der Waals surface area contributed by atoms with Crippen LogP contribution in [0.4, 0.5) is 10.5 Å². The number of hydrogen-bond acceptors (Lipinski definition) is 2. The van der Waals surface area contributed by atoms with E-state index in [-0.39, 0.29) is 6.03 Å². The molecule has 0 radical (unpaired) electrons. The third-order valence-corrected chi connectivity index (χ3v) is 2.21. The molecule has 1 aromatic carbocycles. The van der Waals surface area contributed by atoms with Gasteiger partial charge in [-0.2, -0.15) is 0 Å². The van der Waals surface area contributed by atoms with Crippen LogP contribution < -0.4 is 15.4 Å². The van der Waals surface area contributed by atoms with Crippen molar-refractivity contribution in [2.45, 2.75) is 6.42 Å². The fourth-order valence-corrected chi connectivity index (χ4v) is 1.25. The van der Waals surface area contributed by atoms with Crippen molar-refractivity contribution in [1.82, 2.24) is 5.32 Å². The van der Waals surface area contributed by atoms with Crippen molar-refractivity contribution in [3.63, 3.8) is 0 Å². The van der Waals surface area contributed by atoms with Gasteiger partial charge in [-0.05, 0) is 30.7 Å². The van der Waals surface area contributed by atoms with E-state index in [1.807, 2.05) is 0 Å². The average molecular weight is 243 g/mol. The minimum atomic E-state index is -0.227. The Morgan fingerprint density at radius 2 is 2.06 bits per heavy atom. The Bertz CT molecular complexity index is 327. The van der Waals surface area contributed by atoms with Gasteiger partial charge in [0.25, 0.3) is 0 Å². The van der Waals surface area contributed by atoms with Crippen LogP contribution >= 0.6 is 11.6 Å². The molecule has 0 heterocycles. The van der Waals surface area contributed by atoms with Gasteiger partial charge in [0.2, 0.25) is 0 Å². The lowest BCUT2D eigenvalue weighted by atomic mass is 10.3. The Balaban J connectivity index is 2.37. The Labute approximate surface area is 99.9 Å². The third kappa shape index (κ3) is 4.40. The fourth-order valence-electron chi connectivity index (χ4n) is 1.12. The molecule has 1 aromatic rings. The monoisotopic (exact) mass is 242 g/mol. The molecule has 0 bridgehead atoms. The summed E-state index contributed by atoms with van der Waals surface area (Å²) in [5, 5.41) is 5.40. The summed E-state index contributed by atoms with van der Waals surface area (Å²) in [6.45, 7) is 0.575. The van der Waals surface area contributed by atoms with Crippen molar-refractivity contribution in [1.29, 1.82) is 0 Å². The molecule has 0 aliphatic heterocycles. The first-order chi connectivity index (χ1) is 7.76. The number of nitrogens with one attached hydrogen (secondary N) is 2. The number of carbonyl (C=O) groups excluding carboxylic acids is 1. The lowest BCUT2D eigenvalue weighted by Gasteiger charge is -2.07. The Hall–Kier alpha value is -1.42. The van der Waals surface area contributed by atoms with Crippen LogP contribution in [-0.4, -0.2) is 25.6 Å². The van der Waals surface area contributed by atoms with Crippen molar-refractivity contribution in [2.75, 3.05) is 24.9 Å². The van der Waals surface area contributed by atoms with E-state index >= 15 is 0 Å². The van der Waals surface area contributed by atoms with E-state index in [0.717, 1.165) is 17.9 Å². The number of urea groups is 1. The van der Waals surface area contributed by atoms with E-state index in [1.165, 1.54) is 0 Å². The molecule has 0 saturated heterocycles. The van der Waals surface area contributed by atoms with E-state index in [2.05, 4.69) is 10.6 Å². The van der Waals surface area contributed by atoms with Crippen LogP contribution in [0.3, 0.4) is 0 Å². The number of anilines is 1. The molecule has 0 aromatic heterocycles. The molecule has 0 aliphatic carbocycles. The van der Waals surface area contributed by atoms with Gasteiger partial charge in [-0.3, -0.25) is 0 Å². The highest BCUT2D eigenvalue weighted by Crippen LogP contribution is 2.14. The molecule has 88 valence electrons. The van der Waals surface area contributed by atoms with E-state index in [9.17, 15) is 4.79 Å². The normalized spacial score (nSPS) is 9.62. The summed E-state index contributed by atoms with van der Waals surface area (Å²) in [4.78, 5) is 11.3. The second-order valence-electron chi connectivity index (χ2n) is 3.15. The van der Waals surface area contributed by atoms with E-state index in [4.69, 9.17) is 16.3 Å². The maximum atomic E-state index is 11.3. The quantitative estimate of drug-likeness (QED) is 0.616. The van der Waals surface area contributed by atoms with Gasteiger partial charge in [0.1, 0.15) is 5.75 Å². The summed E-state index contributed by atoms with van der Waals surface area (Å²) < 4.78 is 5.01. The number of halogens is 1. The average Bonchev–Trinajstić information content (AvgIpc) is 2.30. The predicted molar refractivity (Wildman–Crippen MR) is 65.4 cm³/mol. The number of ether oxygens (including phenoxy) is 1. The molecule has 0 fully saturated rings. The number of rotatable bonds is 5. The molecule has 0 spiro atoms. The van der Waals surface area contributed by atoms with Crippen molar-refractivity contribution >= 4 is 23.3 Å². The SMILES string of the molecule is COc1ccc(NC(=O)NCCCCl)cc1. The number of hydrogen-bond donors (Lipinski definition) is 2. The van der Waals surface area contributed by atoms with Crippen LogP contribution in [0.2, 0.25) is 0 Å². The zero-order valence-corrected chi connectivity index (χ0v) is 9.88. The van der Waals surface area contributed by atoms with Gasteiger partial charge in [-0.1, -0.05) is 0 Å². The lowest BCUT2D eigenvalue weighted by Crippen LogP contribution is -2.29. The zero-order valence-electron chi connectivity index (χ0n) is 9.13. The molecule has 5 heteroatoms. The second kappa shape index (κ2) is 6.95. The minimum Gasteiger partial charge on any atom is -0.497 e. The fraction of sp³-hybridized carbons (Fsp3) is 0.364. The van der Waals surface area contributed by atoms with Gasteiger partial charge in [-0.15, -0.1) is 11.6 Å². The van der Waals surface area contributed by atoms with Crippen LogP contribution in [0.25, 0.3) is 0 Å². The molecule has 0 saturated carbocycles. The summed E-state index contributed by atoms with van der Waals surface area (Å²) in [6.07, 6.45) is 0.761. The van der Waals surface area contributed by atoms with Gasteiger partial charge in [0.15, 0.2) is 0 Å². The third-order valence-electron chi connectivity index (χ3n) is 1.94. The van der Waals surface area contributed by atoms with E-state index < -0.39 is 0 Å². The standard InChI is InChI=1S/C11H15ClN2O2/c1-16-10-5-3-9(4-6-10)14-11(15)13-8-2-7-12/h3-6H,2,7-8H2,1H3,(H2,13,14,15). The number of benzene rings is 1. The lowest BCUT2D eigenvalue weighted by molar-refractivity contribution is 0.252. The van der Waals surface area contributed by atoms with Crippen LogP contribution in [0, 0.1) is 0 Å². The molecule has 1 rings (SSSR count). The minimum absolute atomic E-state index is 0.227. The largest absolute Gasteiger partial charge is 0.497 e. The van der Waals surface area contributed by atoms with Gasteiger partial charge in [-0.25, -0.2) is 4.79 Å². The predicted octanol–water partition coefficient (Wildman–Crippen LogP) is 2.45. The Morgan fingerprint density at radius 3 is 2.62 bits per heavy atom. The Morgan fingerprint density at radius 1 is 1.38 bits per heavy atom. The molecule has 2 amide bonds. The van der Waals surface area contributed by atoms with Gasteiger partial charge >= 0.3 is 6.03 Å². The van der Waals surface area contributed by atoms with Crippen LogP contribution in [0.1, 0.15) is 6.42 Å². The number of carbonyl (C=O) groups is 1. The highest BCUT2D eigenvalue weighted by Gasteiger charge is 2.00. The van der Waals surface area contributed by atoms with Gasteiger partial charge in [0, 0.05) is 18.1 Å². The molecule has 4 nitrogen and oxygen atoms in total. The van der Waals surface area contributed by atoms with Crippen LogP contribution in [0.5, 0.6) is 5.75 Å². The molecule has 16 heavy (non-hydrogen) atoms. The molecular formula is C11H15ClN2O2. The first-order valence-electron chi connectivity index (χ1n) is 5.01. The van der Waals surface area contributed by atoms with Crippen molar-refractivity contribution in [2.24, 2.45) is 0 Å². The molecular weight excluding hydrogens is 228 g/mol. The smallest absolute Gasteiger partial charge is 0.319 e. The molecule has 0 atom stereocenters. The summed E-state index contributed by atoms with van der Waals surface area (Å²) >= 11 is 5.49. The summed E-state index contributed by atoms with van der Waals surface area (Å²) in [5.74, 6) is 1.30. The molecule has 0 unspecified atom stereocenters. The van der Waals surface area contributed by atoms with Crippen molar-refractivity contribution in [3.05, 3.63) is 24.3 Å². The zero-order chi connectivity index (χ0) is 11.8. The highest BCUT2D eigenvalue weighted by atomic mass is 35.5. The number of amides is 2. The van der Waals surface area contributed by atoms with E-state index in [0.29, 0.717) is 12.4 Å². The van der Waals surface area contributed by atoms with Gasteiger partial charge in [0.05, 0.1) is 7.11 Å². The summed E-state index contributed by atoms with van der Waals surface area (Å²) in [6, 6.07) is 6.90. The van der Waals surface area contributed by atoms with Crippen LogP contribution in [-0.2, 0) is 0 Å². The van der Waals surface area contributed by atoms with Crippen molar-refractivity contribution < 1.29 is 9.53 Å². The van der Waals surface area contributed by atoms with Crippen LogP contribution in [0.15, 0.2) is 24.3 Å². The highest BCUT2D eigenvalue weighted by molar-refractivity contribution is 6.17. The topological polar surface area (TPSA) is 50.4 Å². The van der Waals surface area contributed by atoms with Gasteiger partial charge < -0.3 is 15.4 Å². The van der Waals surface area contributed by atoms with Crippen molar-refractivity contribution in [3.8, 4) is 5.75 Å². The maximum absolute atomic E-state index is 11.3. The Kier molecular flexibility index (Phi) is 5.50. The number of methoxy groups -OCH3 is 1. The van der Waals surface area contributed by atoms with E-state index in [1.54, 1.807) is 31.4 Å². The summed E-state index contributed by atoms with van der Waals surface area (Å²) in [7, 11) is 1.60. The molecule has 0 aliphatic rings. The first kappa shape index (κ1) is 12.6. The maximum Gasteiger partial charge on any atom is 0.319 e. The molecule has 2 N–H and O–H groups in total. The first-order valence-corrected chi connectivity index (χ1v) is 5.54. The number of alkyl halides is 1.